The fourth-order valence-corrected chi connectivity index (χ4v) is 5.58. The van der Waals surface area contributed by atoms with Crippen LogP contribution in [0.15, 0.2) is 23.1 Å². The first-order chi connectivity index (χ1) is 15.3. The predicted molar refractivity (Wildman–Crippen MR) is 124 cm³/mol. The van der Waals surface area contributed by atoms with Crippen LogP contribution in [0.4, 0.5) is 5.95 Å². The number of sulfone groups is 1. The van der Waals surface area contributed by atoms with E-state index in [1.807, 2.05) is 6.92 Å². The van der Waals surface area contributed by atoms with Gasteiger partial charge in [0, 0.05) is 30.8 Å². The molecule has 1 aromatic carbocycles. The van der Waals surface area contributed by atoms with Gasteiger partial charge in [-0.05, 0) is 70.3 Å². The Bertz CT molecular complexity index is 1100. The highest BCUT2D eigenvalue weighted by Gasteiger charge is 2.30. The third-order valence-corrected chi connectivity index (χ3v) is 7.95. The Kier molecular flexibility index (Phi) is 6.67. The van der Waals surface area contributed by atoms with E-state index >= 15 is 0 Å². The molecule has 9 heteroatoms. The highest BCUT2D eigenvalue weighted by molar-refractivity contribution is 7.90. The van der Waals surface area contributed by atoms with E-state index in [1.54, 1.807) is 18.2 Å². The van der Waals surface area contributed by atoms with Gasteiger partial charge in [0.2, 0.25) is 5.95 Å². The Morgan fingerprint density at radius 2 is 1.81 bits per heavy atom. The molecule has 8 nitrogen and oxygen atoms in total. The monoisotopic (exact) mass is 460 g/mol. The summed E-state index contributed by atoms with van der Waals surface area (Å²) in [5.41, 5.74) is 1.52. The van der Waals surface area contributed by atoms with E-state index in [-0.39, 0.29) is 16.8 Å². The molecule has 0 aliphatic carbocycles. The average molecular weight is 461 g/mol. The lowest BCUT2D eigenvalue weighted by molar-refractivity contribution is -0.147. The molecule has 32 heavy (non-hydrogen) atoms. The van der Waals surface area contributed by atoms with Gasteiger partial charge in [-0.25, -0.2) is 18.4 Å². The molecule has 4 rings (SSSR count). The van der Waals surface area contributed by atoms with Crippen molar-refractivity contribution in [1.82, 2.24) is 14.9 Å². The lowest BCUT2D eigenvalue weighted by Crippen LogP contribution is -2.43. The lowest BCUT2D eigenvalue weighted by atomic mass is 9.94. The van der Waals surface area contributed by atoms with Gasteiger partial charge in [0.15, 0.2) is 9.84 Å². The van der Waals surface area contributed by atoms with Gasteiger partial charge in [-0.2, -0.15) is 0 Å². The summed E-state index contributed by atoms with van der Waals surface area (Å²) in [4.78, 5) is 26.3. The standard InChI is InChI=1S/C23H32N4O4S/c1-16-20-7-6-19(32(3,29)30)15-21(20)25-23(24-16)27-11-4-5-18(10-14-27)26-12-8-17(9-13-26)22(28)31-2/h6-7,15,17-18H,4-5,8-14H2,1-3H3. The van der Waals surface area contributed by atoms with Crippen LogP contribution in [0.1, 0.15) is 37.8 Å². The van der Waals surface area contributed by atoms with E-state index in [4.69, 9.17) is 14.7 Å². The largest absolute Gasteiger partial charge is 0.469 e. The third kappa shape index (κ3) is 4.88. The molecule has 3 heterocycles. The Balaban J connectivity index is 1.47. The van der Waals surface area contributed by atoms with Crippen molar-refractivity contribution < 1.29 is 17.9 Å². The van der Waals surface area contributed by atoms with Crippen LogP contribution < -0.4 is 4.90 Å². The Hall–Kier alpha value is -2.26. The van der Waals surface area contributed by atoms with Crippen LogP contribution in [0, 0.1) is 12.8 Å². The molecule has 0 bridgehead atoms. The molecule has 174 valence electrons. The SMILES string of the molecule is COC(=O)C1CCN(C2CCCN(c3nc(C)c4ccc(S(C)(=O)=O)cc4n3)CC2)CC1. The molecule has 1 aromatic heterocycles. The minimum atomic E-state index is -3.29. The van der Waals surface area contributed by atoms with Gasteiger partial charge in [-0.3, -0.25) is 4.79 Å². The molecular formula is C23H32N4O4S. The van der Waals surface area contributed by atoms with Gasteiger partial charge in [0.05, 0.1) is 29.1 Å². The first-order valence-corrected chi connectivity index (χ1v) is 13.2. The number of methoxy groups -OCH3 is 1. The minimum Gasteiger partial charge on any atom is -0.469 e. The molecule has 0 radical (unpaired) electrons. The molecule has 2 aliphatic heterocycles. The van der Waals surface area contributed by atoms with Crippen LogP contribution >= 0.6 is 0 Å². The second-order valence-electron chi connectivity index (χ2n) is 8.97. The number of carbonyl (C=O) groups excluding carboxylic acids is 1. The number of aromatic nitrogens is 2. The van der Waals surface area contributed by atoms with Crippen LogP contribution in [0.2, 0.25) is 0 Å². The number of hydrogen-bond donors (Lipinski definition) is 0. The fraction of sp³-hybridized carbons (Fsp3) is 0.609. The molecule has 1 atom stereocenters. The van der Waals surface area contributed by atoms with Crippen molar-refractivity contribution in [2.45, 2.75) is 50.0 Å². The number of rotatable bonds is 4. The zero-order valence-corrected chi connectivity index (χ0v) is 19.9. The number of benzene rings is 1. The van der Waals surface area contributed by atoms with E-state index in [9.17, 15) is 13.2 Å². The number of piperidine rings is 1. The van der Waals surface area contributed by atoms with Crippen LogP contribution in [-0.2, 0) is 19.4 Å². The second kappa shape index (κ2) is 9.31. The smallest absolute Gasteiger partial charge is 0.308 e. The summed E-state index contributed by atoms with van der Waals surface area (Å²) in [5, 5.41) is 0.877. The third-order valence-electron chi connectivity index (χ3n) is 6.84. The van der Waals surface area contributed by atoms with E-state index in [0.29, 0.717) is 17.5 Å². The lowest BCUT2D eigenvalue weighted by Gasteiger charge is -2.36. The average Bonchev–Trinajstić information content (AvgIpc) is 3.04. The molecule has 0 spiro atoms. The van der Waals surface area contributed by atoms with E-state index in [0.717, 1.165) is 69.4 Å². The normalized spacial score (nSPS) is 21.5. The van der Waals surface area contributed by atoms with Gasteiger partial charge in [-0.1, -0.05) is 0 Å². The van der Waals surface area contributed by atoms with Crippen molar-refractivity contribution in [3.63, 3.8) is 0 Å². The first kappa shape index (κ1) is 22.9. The number of nitrogens with zero attached hydrogens (tertiary/aromatic N) is 4. The number of likely N-dealkylation sites (tertiary alicyclic amines) is 1. The number of aryl methyl sites for hydroxylation is 1. The van der Waals surface area contributed by atoms with Crippen molar-refractivity contribution in [2.24, 2.45) is 5.92 Å². The molecule has 1 unspecified atom stereocenters. The maximum Gasteiger partial charge on any atom is 0.308 e. The Labute approximate surface area is 189 Å². The number of hydrogen-bond acceptors (Lipinski definition) is 8. The summed E-state index contributed by atoms with van der Waals surface area (Å²) in [6.07, 6.45) is 6.12. The van der Waals surface area contributed by atoms with E-state index < -0.39 is 9.84 Å². The molecule has 2 fully saturated rings. The van der Waals surface area contributed by atoms with Crippen LogP contribution in [0.3, 0.4) is 0 Å². The summed E-state index contributed by atoms with van der Waals surface area (Å²) >= 11 is 0. The van der Waals surface area contributed by atoms with Gasteiger partial charge in [0.1, 0.15) is 0 Å². The van der Waals surface area contributed by atoms with E-state index in [2.05, 4.69) is 9.80 Å². The summed E-state index contributed by atoms with van der Waals surface area (Å²) in [7, 11) is -1.82. The number of anilines is 1. The molecule has 2 aromatic rings. The number of esters is 1. The zero-order chi connectivity index (χ0) is 22.9. The summed E-state index contributed by atoms with van der Waals surface area (Å²) < 4.78 is 28.8. The zero-order valence-electron chi connectivity index (χ0n) is 19.1. The quantitative estimate of drug-likeness (QED) is 0.643. The van der Waals surface area contributed by atoms with Gasteiger partial charge >= 0.3 is 5.97 Å². The van der Waals surface area contributed by atoms with Crippen LogP contribution in [0.5, 0.6) is 0 Å². The number of fused-ring (bicyclic) bond motifs is 1. The molecule has 0 saturated carbocycles. The van der Waals surface area contributed by atoms with Gasteiger partial charge in [0.25, 0.3) is 0 Å². The van der Waals surface area contributed by atoms with Crippen molar-refractivity contribution in [3.05, 3.63) is 23.9 Å². The minimum absolute atomic E-state index is 0.0318. The first-order valence-electron chi connectivity index (χ1n) is 11.3. The van der Waals surface area contributed by atoms with Gasteiger partial charge < -0.3 is 14.5 Å². The van der Waals surface area contributed by atoms with Crippen molar-refractivity contribution >= 4 is 32.7 Å². The highest BCUT2D eigenvalue weighted by Crippen LogP contribution is 2.27. The van der Waals surface area contributed by atoms with Crippen LogP contribution in [-0.4, -0.2) is 74.8 Å². The molecule has 0 N–H and O–H groups in total. The van der Waals surface area contributed by atoms with Crippen molar-refractivity contribution in [2.75, 3.05) is 44.4 Å². The van der Waals surface area contributed by atoms with Crippen LogP contribution in [0.25, 0.3) is 10.9 Å². The molecule has 2 aliphatic rings. The van der Waals surface area contributed by atoms with Crippen molar-refractivity contribution in [3.8, 4) is 0 Å². The fourth-order valence-electron chi connectivity index (χ4n) is 4.94. The Morgan fingerprint density at radius 3 is 2.50 bits per heavy atom. The Morgan fingerprint density at radius 1 is 1.06 bits per heavy atom. The summed E-state index contributed by atoms with van der Waals surface area (Å²) in [6.45, 7) is 5.55. The topological polar surface area (TPSA) is 92.7 Å². The maximum atomic E-state index is 12.0. The van der Waals surface area contributed by atoms with Gasteiger partial charge in [-0.15, -0.1) is 0 Å². The van der Waals surface area contributed by atoms with E-state index in [1.165, 1.54) is 13.4 Å². The second-order valence-corrected chi connectivity index (χ2v) is 11.0. The molecule has 0 amide bonds. The molecular weight excluding hydrogens is 428 g/mol. The number of ether oxygens (including phenoxy) is 1. The maximum absolute atomic E-state index is 12.0. The number of carbonyl (C=O) groups is 1. The highest BCUT2D eigenvalue weighted by atomic mass is 32.2. The predicted octanol–water partition coefficient (Wildman–Crippen LogP) is 2.59. The van der Waals surface area contributed by atoms with Crippen molar-refractivity contribution in [1.29, 1.82) is 0 Å². The summed E-state index contributed by atoms with van der Waals surface area (Å²) in [5.74, 6) is 0.620. The summed E-state index contributed by atoms with van der Waals surface area (Å²) in [6, 6.07) is 5.56. The molecule has 2 saturated heterocycles.